The Hall–Kier alpha value is -4.16. The number of rotatable bonds is 8. The first-order chi connectivity index (χ1) is 16.2. The fourth-order valence-corrected chi connectivity index (χ4v) is 4.00. The van der Waals surface area contributed by atoms with Crippen LogP contribution < -0.4 is 11.1 Å². The Morgan fingerprint density at radius 3 is 2.67 bits per heavy atom. The number of hydrogen-bond acceptors (Lipinski definition) is 3. The SMILES string of the molecule is NC(=O)c1cccc2[nH]c(-c3cccc(-n4ccc(CNCCc5ccccc5)c4)c3)nc12. The molecule has 6 nitrogen and oxygen atoms in total. The summed E-state index contributed by atoms with van der Waals surface area (Å²) in [5.74, 6) is 0.222. The van der Waals surface area contributed by atoms with E-state index in [1.54, 1.807) is 12.1 Å². The van der Waals surface area contributed by atoms with Crippen LogP contribution in [0.2, 0.25) is 0 Å². The van der Waals surface area contributed by atoms with Crippen LogP contribution in [0.1, 0.15) is 21.5 Å². The number of amides is 1. The molecule has 0 aliphatic carbocycles. The number of carbonyl (C=O) groups is 1. The van der Waals surface area contributed by atoms with Crippen molar-refractivity contribution < 1.29 is 4.79 Å². The van der Waals surface area contributed by atoms with Crippen molar-refractivity contribution in [1.82, 2.24) is 19.9 Å². The number of fused-ring (bicyclic) bond motifs is 1. The van der Waals surface area contributed by atoms with Gasteiger partial charge >= 0.3 is 0 Å². The number of H-pyrrole nitrogens is 1. The van der Waals surface area contributed by atoms with E-state index in [0.29, 0.717) is 16.9 Å². The Bertz CT molecular complexity index is 1400. The van der Waals surface area contributed by atoms with E-state index in [2.05, 4.69) is 74.7 Å². The van der Waals surface area contributed by atoms with Gasteiger partial charge in [-0.25, -0.2) is 4.98 Å². The molecule has 2 aromatic heterocycles. The average Bonchev–Trinajstić information content (AvgIpc) is 3.50. The summed E-state index contributed by atoms with van der Waals surface area (Å²) in [6, 6.07) is 26.2. The highest BCUT2D eigenvalue weighted by Gasteiger charge is 2.12. The Kier molecular flexibility index (Phi) is 5.74. The van der Waals surface area contributed by atoms with Gasteiger partial charge < -0.3 is 20.6 Å². The van der Waals surface area contributed by atoms with Crippen LogP contribution in [-0.2, 0) is 13.0 Å². The monoisotopic (exact) mass is 435 g/mol. The smallest absolute Gasteiger partial charge is 0.250 e. The predicted molar refractivity (Wildman–Crippen MR) is 131 cm³/mol. The number of carbonyl (C=O) groups excluding carboxylic acids is 1. The molecular formula is C27H25N5O. The van der Waals surface area contributed by atoms with Crippen LogP contribution in [0.5, 0.6) is 0 Å². The number of nitrogens with two attached hydrogens (primary N) is 1. The number of nitrogens with zero attached hydrogens (tertiary/aromatic N) is 2. The lowest BCUT2D eigenvalue weighted by atomic mass is 10.1. The highest BCUT2D eigenvalue weighted by atomic mass is 16.1. The summed E-state index contributed by atoms with van der Waals surface area (Å²) >= 11 is 0. The van der Waals surface area contributed by atoms with Crippen molar-refractivity contribution in [3.63, 3.8) is 0 Å². The van der Waals surface area contributed by atoms with Gasteiger partial charge in [-0.2, -0.15) is 0 Å². The fraction of sp³-hybridized carbons (Fsp3) is 0.111. The second-order valence-electron chi connectivity index (χ2n) is 8.04. The molecule has 0 radical (unpaired) electrons. The molecule has 6 heteroatoms. The summed E-state index contributed by atoms with van der Waals surface area (Å²) in [6.07, 6.45) is 5.22. The second kappa shape index (κ2) is 9.14. The van der Waals surface area contributed by atoms with Crippen molar-refractivity contribution in [1.29, 1.82) is 0 Å². The van der Waals surface area contributed by atoms with Gasteiger partial charge in [0.2, 0.25) is 0 Å². The zero-order valence-corrected chi connectivity index (χ0v) is 18.2. The fourth-order valence-electron chi connectivity index (χ4n) is 4.00. The minimum atomic E-state index is -0.482. The van der Waals surface area contributed by atoms with Crippen molar-refractivity contribution >= 4 is 16.9 Å². The van der Waals surface area contributed by atoms with Gasteiger partial charge in [-0.1, -0.05) is 48.5 Å². The topological polar surface area (TPSA) is 88.7 Å². The molecule has 4 N–H and O–H groups in total. The maximum Gasteiger partial charge on any atom is 0.250 e. The standard InChI is InChI=1S/C27H25N5O/c28-26(33)23-10-5-11-24-25(23)31-27(30-24)21-8-4-9-22(16-21)32-15-13-20(18-32)17-29-14-12-19-6-2-1-3-7-19/h1-11,13,15-16,18,29H,12,14,17H2,(H2,28,33)(H,30,31). The van der Waals surface area contributed by atoms with Crippen LogP contribution in [0.15, 0.2) is 91.3 Å². The third-order valence-corrected chi connectivity index (χ3v) is 5.71. The highest BCUT2D eigenvalue weighted by Crippen LogP contribution is 2.25. The van der Waals surface area contributed by atoms with Crippen molar-refractivity contribution in [2.45, 2.75) is 13.0 Å². The van der Waals surface area contributed by atoms with E-state index in [4.69, 9.17) is 5.73 Å². The number of primary amides is 1. The molecule has 164 valence electrons. The third-order valence-electron chi connectivity index (χ3n) is 5.71. The summed E-state index contributed by atoms with van der Waals surface area (Å²) in [5.41, 5.74) is 11.8. The van der Waals surface area contributed by atoms with E-state index in [1.165, 1.54) is 11.1 Å². The zero-order valence-electron chi connectivity index (χ0n) is 18.2. The lowest BCUT2D eigenvalue weighted by molar-refractivity contribution is 0.100. The van der Waals surface area contributed by atoms with E-state index in [1.807, 2.05) is 24.3 Å². The van der Waals surface area contributed by atoms with E-state index in [0.717, 1.165) is 36.3 Å². The minimum Gasteiger partial charge on any atom is -0.366 e. The molecule has 0 saturated heterocycles. The normalized spacial score (nSPS) is 11.2. The van der Waals surface area contributed by atoms with Gasteiger partial charge in [-0.05, 0) is 54.4 Å². The molecule has 0 saturated carbocycles. The summed E-state index contributed by atoms with van der Waals surface area (Å²) < 4.78 is 2.11. The average molecular weight is 436 g/mol. The van der Waals surface area contributed by atoms with Gasteiger partial charge in [0.1, 0.15) is 11.3 Å². The van der Waals surface area contributed by atoms with Crippen LogP contribution in [0.25, 0.3) is 28.1 Å². The summed E-state index contributed by atoms with van der Waals surface area (Å²) in [7, 11) is 0. The first kappa shape index (κ1) is 20.7. The van der Waals surface area contributed by atoms with Gasteiger partial charge in [-0.3, -0.25) is 4.79 Å². The molecule has 5 aromatic rings. The van der Waals surface area contributed by atoms with Crippen LogP contribution in [-0.4, -0.2) is 27.0 Å². The maximum absolute atomic E-state index is 11.7. The van der Waals surface area contributed by atoms with Gasteiger partial charge in [0.15, 0.2) is 0 Å². The number of aromatic amines is 1. The number of para-hydroxylation sites is 1. The Balaban J connectivity index is 1.30. The molecule has 0 aliphatic heterocycles. The maximum atomic E-state index is 11.7. The van der Waals surface area contributed by atoms with Crippen molar-refractivity contribution in [2.24, 2.45) is 5.73 Å². The predicted octanol–water partition coefficient (Wildman–Crippen LogP) is 4.45. The molecular weight excluding hydrogens is 410 g/mol. The lowest BCUT2D eigenvalue weighted by Crippen LogP contribution is -2.16. The van der Waals surface area contributed by atoms with E-state index >= 15 is 0 Å². The first-order valence-electron chi connectivity index (χ1n) is 11.0. The van der Waals surface area contributed by atoms with E-state index in [-0.39, 0.29) is 0 Å². The Labute approximate surface area is 192 Å². The van der Waals surface area contributed by atoms with Crippen molar-refractivity contribution in [2.75, 3.05) is 6.54 Å². The number of benzene rings is 3. The van der Waals surface area contributed by atoms with Gasteiger partial charge in [0, 0.05) is 30.2 Å². The van der Waals surface area contributed by atoms with Crippen molar-refractivity contribution in [3.8, 4) is 17.1 Å². The number of nitrogens with one attached hydrogen (secondary N) is 2. The molecule has 0 unspecified atom stereocenters. The third kappa shape index (κ3) is 4.56. The molecule has 33 heavy (non-hydrogen) atoms. The largest absolute Gasteiger partial charge is 0.366 e. The molecule has 0 aliphatic rings. The molecule has 0 spiro atoms. The Morgan fingerprint density at radius 2 is 1.82 bits per heavy atom. The number of imidazole rings is 1. The molecule has 5 rings (SSSR count). The van der Waals surface area contributed by atoms with Gasteiger partial charge in [-0.15, -0.1) is 0 Å². The summed E-state index contributed by atoms with van der Waals surface area (Å²) in [4.78, 5) is 19.7. The van der Waals surface area contributed by atoms with Crippen LogP contribution in [0.4, 0.5) is 0 Å². The quantitative estimate of drug-likeness (QED) is 0.315. The Morgan fingerprint density at radius 1 is 0.970 bits per heavy atom. The molecule has 0 fully saturated rings. The molecule has 0 atom stereocenters. The van der Waals surface area contributed by atoms with Gasteiger partial charge in [0.25, 0.3) is 5.91 Å². The summed E-state index contributed by atoms with van der Waals surface area (Å²) in [6.45, 7) is 1.75. The van der Waals surface area contributed by atoms with E-state index < -0.39 is 5.91 Å². The van der Waals surface area contributed by atoms with Crippen molar-refractivity contribution in [3.05, 3.63) is 108 Å². The lowest BCUT2D eigenvalue weighted by Gasteiger charge is -2.06. The molecule has 1 amide bonds. The summed E-state index contributed by atoms with van der Waals surface area (Å²) in [5, 5.41) is 3.52. The molecule has 2 heterocycles. The first-order valence-corrected chi connectivity index (χ1v) is 11.0. The number of aromatic nitrogens is 3. The van der Waals surface area contributed by atoms with Crippen LogP contribution in [0.3, 0.4) is 0 Å². The number of hydrogen-bond donors (Lipinski definition) is 3. The van der Waals surface area contributed by atoms with E-state index in [9.17, 15) is 4.79 Å². The zero-order chi connectivity index (χ0) is 22.6. The second-order valence-corrected chi connectivity index (χ2v) is 8.04. The van der Waals surface area contributed by atoms with Crippen LogP contribution >= 0.6 is 0 Å². The molecule has 0 bridgehead atoms. The highest BCUT2D eigenvalue weighted by molar-refractivity contribution is 6.04. The van der Waals surface area contributed by atoms with Gasteiger partial charge in [0.05, 0.1) is 11.1 Å². The minimum absolute atomic E-state index is 0.418. The van der Waals surface area contributed by atoms with Crippen LogP contribution in [0, 0.1) is 0 Å². The molecule has 3 aromatic carbocycles.